The Hall–Kier alpha value is -4.50. The van der Waals surface area contributed by atoms with E-state index in [4.69, 9.17) is 19.9 Å². The number of nitrogens with two attached hydrogens (primary N) is 1. The number of nitrogen functional groups attached to an aromatic ring is 1. The van der Waals surface area contributed by atoms with E-state index in [0.717, 1.165) is 6.07 Å². The van der Waals surface area contributed by atoms with Gasteiger partial charge < -0.3 is 24.8 Å². The summed E-state index contributed by atoms with van der Waals surface area (Å²) >= 11 is 0. The molecule has 3 heterocycles. The molecule has 1 fully saturated rings. The molecule has 4 rings (SSSR count). The molecule has 0 spiro atoms. The zero-order valence-electron chi connectivity index (χ0n) is 22.4. The molecule has 0 bridgehead atoms. The highest BCUT2D eigenvalue weighted by atomic mass is 19.1. The van der Waals surface area contributed by atoms with Gasteiger partial charge in [0.2, 0.25) is 5.91 Å². The second kappa shape index (κ2) is 12.1. The van der Waals surface area contributed by atoms with Gasteiger partial charge in [0.15, 0.2) is 28.9 Å². The Kier molecular flexibility index (Phi) is 8.64. The summed E-state index contributed by atoms with van der Waals surface area (Å²) in [6, 6.07) is 0.763. The number of ketones is 1. The number of halogens is 2. The Balaban J connectivity index is 1.90. The first-order chi connectivity index (χ1) is 19.2. The number of carbonyl (C=O) groups excluding carboxylic acids is 2. The third-order valence-electron chi connectivity index (χ3n) is 6.68. The highest BCUT2D eigenvalue weighted by Crippen LogP contribution is 2.34. The summed E-state index contributed by atoms with van der Waals surface area (Å²) in [5, 5.41) is 4.90. The van der Waals surface area contributed by atoms with Crippen molar-refractivity contribution in [3.8, 4) is 23.3 Å². The maximum absolute atomic E-state index is 15.0. The summed E-state index contributed by atoms with van der Waals surface area (Å²) in [4.78, 5) is 31.3. The number of amides is 1. The van der Waals surface area contributed by atoms with Crippen molar-refractivity contribution in [3.63, 3.8) is 0 Å². The first kappa shape index (κ1) is 28.5. The number of benzene rings is 1. The van der Waals surface area contributed by atoms with Crippen LogP contribution in [0.5, 0.6) is 11.5 Å². The highest BCUT2D eigenvalue weighted by molar-refractivity contribution is 6.10. The van der Waals surface area contributed by atoms with E-state index in [1.54, 1.807) is 16.7 Å². The van der Waals surface area contributed by atoms with Crippen molar-refractivity contribution >= 4 is 28.4 Å². The molecule has 0 saturated carbocycles. The number of anilines is 1. The molecule has 2 aromatic heterocycles. The van der Waals surface area contributed by atoms with E-state index >= 15 is 0 Å². The van der Waals surface area contributed by atoms with Gasteiger partial charge >= 0.3 is 0 Å². The predicted octanol–water partition coefficient (Wildman–Crippen LogP) is 3.28. The molecular weight excluding hydrogens is 524 g/mol. The van der Waals surface area contributed by atoms with Crippen molar-refractivity contribution in [1.29, 1.82) is 0 Å². The van der Waals surface area contributed by atoms with Crippen LogP contribution in [-0.4, -0.2) is 72.4 Å². The molecular formula is C28H29F2N5O5. The van der Waals surface area contributed by atoms with Crippen LogP contribution < -0.4 is 15.2 Å². The van der Waals surface area contributed by atoms with E-state index in [2.05, 4.69) is 28.5 Å². The van der Waals surface area contributed by atoms with Gasteiger partial charge in [-0.15, -0.1) is 0 Å². The Labute approximate surface area is 229 Å². The first-order valence-corrected chi connectivity index (χ1v) is 12.5. The predicted molar refractivity (Wildman–Crippen MR) is 143 cm³/mol. The van der Waals surface area contributed by atoms with Crippen LogP contribution in [0.25, 0.3) is 10.9 Å². The molecule has 2 N–H and O–H groups in total. The van der Waals surface area contributed by atoms with Crippen LogP contribution in [0.15, 0.2) is 24.9 Å². The fourth-order valence-corrected chi connectivity index (χ4v) is 4.65. The molecule has 0 aliphatic carbocycles. The number of Topliss-reactive ketones (excluding diaryl/α,β-unsaturated/α-hetero) is 1. The molecule has 0 radical (unpaired) electrons. The summed E-state index contributed by atoms with van der Waals surface area (Å²) in [5.41, 5.74) is 6.40. The van der Waals surface area contributed by atoms with E-state index in [9.17, 15) is 18.4 Å². The molecule has 12 heteroatoms. The summed E-state index contributed by atoms with van der Waals surface area (Å²) in [5.74, 6) is 2.31. The normalized spacial score (nSPS) is 14.6. The molecule has 1 amide bonds. The third-order valence-corrected chi connectivity index (χ3v) is 6.68. The molecule has 1 aromatic carbocycles. The van der Waals surface area contributed by atoms with Crippen LogP contribution in [0.4, 0.5) is 14.6 Å². The van der Waals surface area contributed by atoms with Crippen molar-refractivity contribution in [2.45, 2.75) is 25.3 Å². The molecule has 1 saturated heterocycles. The van der Waals surface area contributed by atoms with Gasteiger partial charge in [-0.3, -0.25) is 14.3 Å². The topological polar surface area (TPSA) is 122 Å². The average molecular weight is 554 g/mol. The number of ether oxygens (including phenoxy) is 3. The average Bonchev–Trinajstić information content (AvgIpc) is 3.59. The molecule has 1 aliphatic heterocycles. The lowest BCUT2D eigenvalue weighted by molar-refractivity contribution is -0.125. The summed E-state index contributed by atoms with van der Waals surface area (Å²) in [6.45, 7) is 4.71. The maximum Gasteiger partial charge on any atom is 0.246 e. The number of hydrogen-bond donors (Lipinski definition) is 1. The zero-order valence-corrected chi connectivity index (χ0v) is 22.4. The number of nitrogens with zero attached hydrogens (tertiary/aromatic N) is 4. The van der Waals surface area contributed by atoms with Crippen molar-refractivity contribution in [2.24, 2.45) is 0 Å². The fraction of sp³-hybridized carbons (Fsp3) is 0.357. The van der Waals surface area contributed by atoms with Gasteiger partial charge in [0.05, 0.1) is 36.7 Å². The van der Waals surface area contributed by atoms with Crippen LogP contribution in [0.1, 0.15) is 46.9 Å². The molecule has 3 aromatic rings. The quantitative estimate of drug-likeness (QED) is 0.186. The second-order valence-electron chi connectivity index (χ2n) is 9.06. The highest BCUT2D eigenvalue weighted by Gasteiger charge is 2.31. The Morgan fingerprint density at radius 1 is 1.20 bits per heavy atom. The van der Waals surface area contributed by atoms with Gasteiger partial charge in [-0.2, -0.15) is 5.10 Å². The summed E-state index contributed by atoms with van der Waals surface area (Å²) < 4.78 is 46.6. The van der Waals surface area contributed by atoms with Gasteiger partial charge in [-0.25, -0.2) is 13.8 Å². The van der Waals surface area contributed by atoms with Crippen molar-refractivity contribution in [3.05, 3.63) is 53.4 Å². The third kappa shape index (κ3) is 5.33. The summed E-state index contributed by atoms with van der Waals surface area (Å²) in [6.07, 6.45) is 3.84. The minimum atomic E-state index is -1.01. The van der Waals surface area contributed by atoms with Crippen LogP contribution in [0, 0.1) is 23.5 Å². The largest absolute Gasteiger partial charge is 0.493 e. The standard InChI is InChI=1S/C28H29F2N5O5/c1-5-23(37)34-11-10-16(15-34)35-27-18(20(36)7-6-12-38-2)14-32-28(31)24(27)19(33-35)9-8-17-25(29)21(39-3)13-22(40-4)26(17)30/h5,13-14,16H,1,6-7,10-12,15H2,2-4H3,(H2,31,32). The maximum atomic E-state index is 15.0. The fourth-order valence-electron chi connectivity index (χ4n) is 4.65. The smallest absolute Gasteiger partial charge is 0.246 e. The van der Waals surface area contributed by atoms with Crippen LogP contribution in [0.3, 0.4) is 0 Å². The number of fused-ring (bicyclic) bond motifs is 1. The lowest BCUT2D eigenvalue weighted by Crippen LogP contribution is -2.27. The number of methoxy groups -OCH3 is 3. The molecule has 1 aliphatic rings. The molecule has 210 valence electrons. The van der Waals surface area contributed by atoms with Crippen molar-refractivity contribution < 1.29 is 32.6 Å². The van der Waals surface area contributed by atoms with Gasteiger partial charge in [0.25, 0.3) is 0 Å². The van der Waals surface area contributed by atoms with Crippen molar-refractivity contribution in [2.75, 3.05) is 46.8 Å². The molecule has 1 atom stereocenters. The van der Waals surface area contributed by atoms with Gasteiger partial charge in [0.1, 0.15) is 17.1 Å². The number of rotatable bonds is 9. The molecule has 40 heavy (non-hydrogen) atoms. The lowest BCUT2D eigenvalue weighted by atomic mass is 10.0. The monoisotopic (exact) mass is 553 g/mol. The van der Waals surface area contributed by atoms with Crippen LogP contribution in [-0.2, 0) is 9.53 Å². The number of pyridine rings is 1. The lowest BCUT2D eigenvalue weighted by Gasteiger charge is -2.16. The SMILES string of the molecule is C=CC(=O)N1CCC(n2nc(C#Cc3c(F)c(OC)cc(OC)c3F)c3c(N)ncc(C(=O)CCCOC)c32)C1. The first-order valence-electron chi connectivity index (χ1n) is 12.5. The van der Waals surface area contributed by atoms with Gasteiger partial charge in [0, 0.05) is 45.5 Å². The Morgan fingerprint density at radius 3 is 2.52 bits per heavy atom. The minimum Gasteiger partial charge on any atom is -0.493 e. The number of likely N-dealkylation sites (tertiary alicyclic amines) is 1. The van der Waals surface area contributed by atoms with E-state index < -0.39 is 17.2 Å². The van der Waals surface area contributed by atoms with Crippen LogP contribution >= 0.6 is 0 Å². The summed E-state index contributed by atoms with van der Waals surface area (Å²) in [7, 11) is 4.02. The minimum absolute atomic E-state index is 0.0418. The second-order valence-corrected chi connectivity index (χ2v) is 9.06. The van der Waals surface area contributed by atoms with Crippen LogP contribution in [0.2, 0.25) is 0 Å². The van der Waals surface area contributed by atoms with Crippen molar-refractivity contribution in [1.82, 2.24) is 19.7 Å². The van der Waals surface area contributed by atoms with E-state index in [1.807, 2.05) is 0 Å². The van der Waals surface area contributed by atoms with Gasteiger partial charge in [-0.05, 0) is 24.8 Å². The Bertz CT molecular complexity index is 1510. The number of carbonyl (C=O) groups is 2. The van der Waals surface area contributed by atoms with E-state index in [0.29, 0.717) is 38.1 Å². The molecule has 1 unspecified atom stereocenters. The number of hydrogen-bond acceptors (Lipinski definition) is 8. The van der Waals surface area contributed by atoms with Gasteiger partial charge in [-0.1, -0.05) is 12.5 Å². The van der Waals surface area contributed by atoms with E-state index in [-0.39, 0.29) is 58.1 Å². The zero-order chi connectivity index (χ0) is 29.0. The Morgan fingerprint density at radius 2 is 1.90 bits per heavy atom. The molecule has 10 nitrogen and oxygen atoms in total. The number of aromatic nitrogens is 3. The van der Waals surface area contributed by atoms with E-state index in [1.165, 1.54) is 26.5 Å².